The number of alkyl halides is 3. The third-order valence-corrected chi connectivity index (χ3v) is 3.77. The summed E-state index contributed by atoms with van der Waals surface area (Å²) in [6, 6.07) is 1.82. The number of carbonyl (C=O) groups is 2. The van der Waals surface area contributed by atoms with Crippen molar-refractivity contribution in [2.75, 3.05) is 17.2 Å². The minimum absolute atomic E-state index is 0.160. The molecule has 2 rings (SSSR count). The lowest BCUT2D eigenvalue weighted by molar-refractivity contribution is -0.192. The second kappa shape index (κ2) is 11.3. The molecule has 0 bridgehead atoms. The van der Waals surface area contributed by atoms with Gasteiger partial charge in [0.05, 0.1) is 18.1 Å². The average molecular weight is 448 g/mol. The molecule has 0 saturated carbocycles. The molecule has 2 aromatic heterocycles. The van der Waals surface area contributed by atoms with E-state index in [2.05, 4.69) is 39.4 Å². The van der Waals surface area contributed by atoms with Crippen molar-refractivity contribution in [3.63, 3.8) is 0 Å². The predicted molar refractivity (Wildman–Crippen MR) is 106 cm³/mol. The number of carbonyl (C=O) groups excluding carboxylic acids is 1. The van der Waals surface area contributed by atoms with Crippen LogP contribution < -0.4 is 10.6 Å². The summed E-state index contributed by atoms with van der Waals surface area (Å²) in [6.07, 6.45) is 0.578. The summed E-state index contributed by atoms with van der Waals surface area (Å²) in [5, 5.41) is 13.2. The molecule has 1 amide bonds. The van der Waals surface area contributed by atoms with E-state index in [1.807, 2.05) is 13.0 Å². The van der Waals surface area contributed by atoms with Crippen LogP contribution in [0.25, 0.3) is 0 Å². The molecule has 0 spiro atoms. The lowest BCUT2D eigenvalue weighted by Crippen LogP contribution is -2.21. The summed E-state index contributed by atoms with van der Waals surface area (Å²) < 4.78 is 31.7. The van der Waals surface area contributed by atoms with E-state index in [4.69, 9.17) is 21.5 Å². The van der Waals surface area contributed by atoms with Crippen molar-refractivity contribution in [1.82, 2.24) is 15.0 Å². The molecule has 0 saturated heterocycles. The Hall–Kier alpha value is -2.95. The summed E-state index contributed by atoms with van der Waals surface area (Å²) in [4.78, 5) is 33.4. The molecule has 8 nitrogen and oxygen atoms in total. The number of nitrogens with one attached hydrogen (secondary N) is 2. The summed E-state index contributed by atoms with van der Waals surface area (Å²) in [7, 11) is 0. The zero-order chi connectivity index (χ0) is 22.9. The molecule has 0 aliphatic rings. The van der Waals surface area contributed by atoms with E-state index < -0.39 is 12.1 Å². The molecular formula is C18H21ClF3N5O3. The Morgan fingerprint density at radius 3 is 2.40 bits per heavy atom. The summed E-state index contributed by atoms with van der Waals surface area (Å²) in [5.41, 5.74) is 1.71. The van der Waals surface area contributed by atoms with Crippen molar-refractivity contribution in [1.29, 1.82) is 0 Å². The van der Waals surface area contributed by atoms with Gasteiger partial charge in [-0.25, -0.2) is 14.8 Å². The van der Waals surface area contributed by atoms with Gasteiger partial charge in [-0.3, -0.25) is 9.78 Å². The smallest absolute Gasteiger partial charge is 0.475 e. The van der Waals surface area contributed by atoms with Crippen LogP contribution in [0.4, 0.5) is 24.7 Å². The van der Waals surface area contributed by atoms with E-state index in [-0.39, 0.29) is 16.8 Å². The predicted octanol–water partition coefficient (Wildman–Crippen LogP) is 4.18. The van der Waals surface area contributed by atoms with Crippen molar-refractivity contribution >= 4 is 35.0 Å². The number of aryl methyl sites for hydroxylation is 1. The average Bonchev–Trinajstić information content (AvgIpc) is 2.64. The number of hydrogen-bond donors (Lipinski definition) is 3. The Kier molecular flexibility index (Phi) is 9.44. The molecule has 0 aliphatic heterocycles. The van der Waals surface area contributed by atoms with Crippen LogP contribution in [-0.2, 0) is 4.79 Å². The number of halogens is 4. The Morgan fingerprint density at radius 2 is 1.90 bits per heavy atom. The number of aromatic nitrogens is 3. The lowest BCUT2D eigenvalue weighted by Gasteiger charge is -2.10. The van der Waals surface area contributed by atoms with Gasteiger partial charge in [-0.1, -0.05) is 25.4 Å². The number of amides is 1. The van der Waals surface area contributed by atoms with Crippen LogP contribution in [0, 0.1) is 12.8 Å². The van der Waals surface area contributed by atoms with Gasteiger partial charge in [0.2, 0.25) is 0 Å². The molecule has 0 aliphatic carbocycles. The van der Waals surface area contributed by atoms with E-state index in [1.165, 1.54) is 6.20 Å². The first-order valence-corrected chi connectivity index (χ1v) is 9.08. The maximum Gasteiger partial charge on any atom is 0.490 e. The van der Waals surface area contributed by atoms with Crippen molar-refractivity contribution in [3.8, 4) is 0 Å². The van der Waals surface area contributed by atoms with Crippen LogP contribution in [-0.4, -0.2) is 44.7 Å². The summed E-state index contributed by atoms with van der Waals surface area (Å²) >= 11 is 6.09. The van der Waals surface area contributed by atoms with Gasteiger partial charge in [0.1, 0.15) is 5.69 Å². The van der Waals surface area contributed by atoms with Crippen LogP contribution in [0.3, 0.4) is 0 Å². The number of carboxylic acid groups (broad SMARTS) is 1. The molecule has 0 aromatic carbocycles. The monoisotopic (exact) mass is 447 g/mol. The largest absolute Gasteiger partial charge is 0.490 e. The summed E-state index contributed by atoms with van der Waals surface area (Å²) in [6.45, 7) is 6.93. The number of rotatable bonds is 6. The highest BCUT2D eigenvalue weighted by Crippen LogP contribution is 2.18. The standard InChI is InChI=1S/C16H20ClN5O.C2HF3O2/c1-10(2)4-7-19-15-14(17)21-13(9-20-15)16(23)22-12-8-18-6-5-11(12)3;3-2(4,5)1(6)7/h5-6,8-10H,4,7H2,1-3H3,(H,19,20)(H,22,23);(H,6,7). The molecule has 30 heavy (non-hydrogen) atoms. The first kappa shape index (κ1) is 25.1. The summed E-state index contributed by atoms with van der Waals surface area (Å²) in [5.74, 6) is -2.06. The van der Waals surface area contributed by atoms with Crippen LogP contribution in [0.2, 0.25) is 5.15 Å². The third kappa shape index (κ3) is 8.60. The molecule has 2 aromatic rings. The minimum Gasteiger partial charge on any atom is -0.475 e. The molecule has 0 unspecified atom stereocenters. The normalized spacial score (nSPS) is 10.8. The number of hydrogen-bond acceptors (Lipinski definition) is 6. The Bertz CT molecular complexity index is 878. The van der Waals surface area contributed by atoms with Gasteiger partial charge in [0, 0.05) is 12.7 Å². The fourth-order valence-corrected chi connectivity index (χ4v) is 2.06. The second-order valence-electron chi connectivity index (χ2n) is 6.45. The number of aliphatic carboxylic acids is 1. The van der Waals surface area contributed by atoms with Crippen molar-refractivity contribution < 1.29 is 27.9 Å². The van der Waals surface area contributed by atoms with Crippen LogP contribution in [0.5, 0.6) is 0 Å². The molecule has 164 valence electrons. The quantitative estimate of drug-likeness (QED) is 0.608. The van der Waals surface area contributed by atoms with Gasteiger partial charge < -0.3 is 15.7 Å². The highest BCUT2D eigenvalue weighted by atomic mass is 35.5. The van der Waals surface area contributed by atoms with Gasteiger partial charge in [0.15, 0.2) is 11.0 Å². The van der Waals surface area contributed by atoms with Crippen molar-refractivity contribution in [2.45, 2.75) is 33.4 Å². The molecule has 0 fully saturated rings. The van der Waals surface area contributed by atoms with Gasteiger partial charge in [-0.2, -0.15) is 13.2 Å². The van der Waals surface area contributed by atoms with Crippen molar-refractivity contribution in [2.24, 2.45) is 5.92 Å². The molecule has 0 radical (unpaired) electrons. The minimum atomic E-state index is -5.08. The maximum absolute atomic E-state index is 12.2. The molecule has 2 heterocycles. The van der Waals surface area contributed by atoms with Crippen LogP contribution in [0.15, 0.2) is 24.7 Å². The van der Waals surface area contributed by atoms with E-state index in [0.717, 1.165) is 18.5 Å². The molecule has 0 atom stereocenters. The highest BCUT2D eigenvalue weighted by molar-refractivity contribution is 6.31. The van der Waals surface area contributed by atoms with Gasteiger partial charge in [-0.15, -0.1) is 0 Å². The van der Waals surface area contributed by atoms with Crippen molar-refractivity contribution in [3.05, 3.63) is 41.1 Å². The molecular weight excluding hydrogens is 427 g/mol. The second-order valence-corrected chi connectivity index (χ2v) is 6.81. The lowest BCUT2D eigenvalue weighted by atomic mass is 10.1. The van der Waals surface area contributed by atoms with Gasteiger partial charge in [-0.05, 0) is 30.9 Å². The molecule has 12 heteroatoms. The maximum atomic E-state index is 12.2. The van der Waals surface area contributed by atoms with E-state index >= 15 is 0 Å². The first-order chi connectivity index (χ1) is 13.9. The Morgan fingerprint density at radius 1 is 1.27 bits per heavy atom. The number of nitrogens with zero attached hydrogens (tertiary/aromatic N) is 3. The van der Waals surface area contributed by atoms with Gasteiger partial charge >= 0.3 is 12.1 Å². The number of anilines is 2. The first-order valence-electron chi connectivity index (χ1n) is 8.70. The highest BCUT2D eigenvalue weighted by Gasteiger charge is 2.38. The fourth-order valence-electron chi connectivity index (χ4n) is 1.85. The van der Waals surface area contributed by atoms with E-state index in [9.17, 15) is 18.0 Å². The van der Waals surface area contributed by atoms with Gasteiger partial charge in [0.25, 0.3) is 5.91 Å². The SMILES string of the molecule is Cc1ccncc1NC(=O)c1cnc(NCCC(C)C)c(Cl)n1.O=C(O)C(F)(F)F. The fraction of sp³-hybridized carbons (Fsp3) is 0.389. The Balaban J connectivity index is 0.000000553. The Labute approximate surface area is 175 Å². The zero-order valence-corrected chi connectivity index (χ0v) is 17.2. The third-order valence-electron chi connectivity index (χ3n) is 3.51. The number of pyridine rings is 1. The molecule has 3 N–H and O–H groups in total. The van der Waals surface area contributed by atoms with E-state index in [1.54, 1.807) is 12.4 Å². The van der Waals surface area contributed by atoms with Crippen LogP contribution >= 0.6 is 11.6 Å². The van der Waals surface area contributed by atoms with E-state index in [0.29, 0.717) is 17.4 Å². The number of carboxylic acids is 1. The topological polar surface area (TPSA) is 117 Å². The zero-order valence-electron chi connectivity index (χ0n) is 16.4. The van der Waals surface area contributed by atoms with Crippen LogP contribution in [0.1, 0.15) is 36.3 Å².